The van der Waals surface area contributed by atoms with E-state index in [1.165, 1.54) is 6.07 Å². The van der Waals surface area contributed by atoms with Gasteiger partial charge in [-0.2, -0.15) is 0 Å². The lowest BCUT2D eigenvalue weighted by Gasteiger charge is -2.06. The SMILES string of the molecule is Fc1[c]c2c(F)c(F)c(F)c(F)c2c(F)c1F.[Cl][Mg][Cl]. The van der Waals surface area contributed by atoms with E-state index in [1.54, 1.807) is 0 Å². The monoisotopic (exact) mass is 347 g/mol. The summed E-state index contributed by atoms with van der Waals surface area (Å²) >= 11 is -0.639. The van der Waals surface area contributed by atoms with Gasteiger partial charge in [-0.25, -0.2) is 30.7 Å². The van der Waals surface area contributed by atoms with Crippen molar-refractivity contribution in [2.24, 2.45) is 0 Å². The molecule has 0 aliphatic heterocycles. The Hall–Kier alpha value is -0.444. The molecule has 0 spiro atoms. The third kappa shape index (κ3) is 3.08. The summed E-state index contributed by atoms with van der Waals surface area (Å²) in [4.78, 5) is 0. The third-order valence-electron chi connectivity index (χ3n) is 2.11. The molecule has 10 heteroatoms. The van der Waals surface area contributed by atoms with Crippen molar-refractivity contribution in [3.63, 3.8) is 0 Å². The Morgan fingerprint density at radius 2 is 1.05 bits per heavy atom. The summed E-state index contributed by atoms with van der Waals surface area (Å²) in [5.74, 6) is -15.0. The summed E-state index contributed by atoms with van der Waals surface area (Å²) < 4.78 is 90.1. The normalized spacial score (nSPS) is 10.1. The zero-order valence-corrected chi connectivity index (χ0v) is 12.0. The molecular weight excluding hydrogens is 348 g/mol. The quantitative estimate of drug-likeness (QED) is 0.282. The van der Waals surface area contributed by atoms with E-state index in [-0.39, 0.29) is 0 Å². The van der Waals surface area contributed by atoms with Gasteiger partial charge in [-0.3, -0.25) is 0 Å². The van der Waals surface area contributed by atoms with Crippen LogP contribution >= 0.6 is 18.1 Å². The van der Waals surface area contributed by atoms with Crippen molar-refractivity contribution < 1.29 is 30.7 Å². The molecule has 0 unspecified atom stereocenters. The summed E-state index contributed by atoms with van der Waals surface area (Å²) in [6.45, 7) is 0. The van der Waals surface area contributed by atoms with E-state index in [9.17, 15) is 30.7 Å². The highest BCUT2D eigenvalue weighted by atomic mass is 35.6. The predicted octanol–water partition coefficient (Wildman–Crippen LogP) is 4.61. The highest BCUT2D eigenvalue weighted by Gasteiger charge is 2.26. The number of hydrogen-bond acceptors (Lipinski definition) is 0. The van der Waals surface area contributed by atoms with Gasteiger partial charge in [-0.15, -0.1) is 0 Å². The highest BCUT2D eigenvalue weighted by molar-refractivity contribution is 7.22. The summed E-state index contributed by atoms with van der Waals surface area (Å²) in [7, 11) is 9.81. The molecule has 0 aromatic heterocycles. The fourth-order valence-electron chi connectivity index (χ4n) is 1.33. The zero-order chi connectivity index (χ0) is 15.6. The first-order valence-corrected chi connectivity index (χ1v) is 8.88. The van der Waals surface area contributed by atoms with Crippen LogP contribution in [-0.2, 0) is 0 Å². The number of halogens is 9. The van der Waals surface area contributed by atoms with Gasteiger partial charge in [-0.1, -0.05) is 0 Å². The van der Waals surface area contributed by atoms with Crippen molar-refractivity contribution in [1.29, 1.82) is 0 Å². The van der Waals surface area contributed by atoms with Crippen molar-refractivity contribution in [3.8, 4) is 0 Å². The first-order valence-electron chi connectivity index (χ1n) is 4.61. The Morgan fingerprint density at radius 3 is 1.55 bits per heavy atom. The Bertz CT molecular complexity index is 654. The molecule has 105 valence electrons. The lowest BCUT2D eigenvalue weighted by molar-refractivity contribution is 0.410. The van der Waals surface area contributed by atoms with Gasteiger partial charge in [0.05, 0.1) is 5.39 Å². The van der Waals surface area contributed by atoms with Crippen molar-refractivity contribution in [2.75, 3.05) is 0 Å². The molecular formula is C10Cl2F7Mg. The number of hydrogen-bond donors (Lipinski definition) is 0. The van der Waals surface area contributed by atoms with E-state index in [0.29, 0.717) is 0 Å². The van der Waals surface area contributed by atoms with Crippen molar-refractivity contribution in [1.82, 2.24) is 0 Å². The molecule has 0 aliphatic rings. The minimum atomic E-state index is -2.31. The smallest absolute Gasteiger partial charge is 0.309 e. The fraction of sp³-hybridized carbons (Fsp3) is 0. The number of rotatable bonds is 0. The largest absolute Gasteiger partial charge is 0.618 e. The van der Waals surface area contributed by atoms with E-state index in [4.69, 9.17) is 18.1 Å². The van der Waals surface area contributed by atoms with Gasteiger partial charge in [0.15, 0.2) is 40.7 Å². The second-order valence-corrected chi connectivity index (χ2v) is 5.80. The summed E-state index contributed by atoms with van der Waals surface area (Å²) in [5, 5.41) is -2.86. The second kappa shape index (κ2) is 7.01. The van der Waals surface area contributed by atoms with Gasteiger partial charge in [0.1, 0.15) is 0 Å². The number of benzene rings is 2. The molecule has 1 radical (unpaired) electrons. The maximum Gasteiger partial charge on any atom is 0.618 e. The number of fused-ring (bicyclic) bond motifs is 1. The first-order chi connectivity index (χ1) is 9.27. The van der Waals surface area contributed by atoms with Crippen LogP contribution in [0.1, 0.15) is 0 Å². The van der Waals surface area contributed by atoms with Crippen LogP contribution in [0.3, 0.4) is 0 Å². The molecule has 0 N–H and O–H groups in total. The van der Waals surface area contributed by atoms with Gasteiger partial charge in [0.25, 0.3) is 0 Å². The van der Waals surface area contributed by atoms with Gasteiger partial charge < -0.3 is 18.1 Å². The van der Waals surface area contributed by atoms with Crippen molar-refractivity contribution in [3.05, 3.63) is 46.8 Å². The zero-order valence-electron chi connectivity index (χ0n) is 9.11. The maximum absolute atomic E-state index is 13.1. The topological polar surface area (TPSA) is 0 Å². The van der Waals surface area contributed by atoms with Crippen LogP contribution in [-0.4, -0.2) is 18.2 Å². The summed E-state index contributed by atoms with van der Waals surface area (Å²) in [5.41, 5.74) is 0. The molecule has 0 bridgehead atoms. The van der Waals surface area contributed by atoms with Crippen molar-refractivity contribution in [2.45, 2.75) is 0 Å². The Balaban J connectivity index is 0.000000612. The average Bonchev–Trinajstić information content (AvgIpc) is 2.40. The molecule has 0 amide bonds. The minimum absolute atomic E-state index is 0.639. The van der Waals surface area contributed by atoms with Crippen LogP contribution in [0.4, 0.5) is 30.7 Å². The maximum atomic E-state index is 13.1. The lowest BCUT2D eigenvalue weighted by atomic mass is 10.1. The first kappa shape index (κ1) is 17.6. The van der Waals surface area contributed by atoms with Crippen LogP contribution in [0.5, 0.6) is 0 Å². The fourth-order valence-corrected chi connectivity index (χ4v) is 1.33. The molecule has 0 aliphatic carbocycles. The molecule has 0 nitrogen and oxygen atoms in total. The molecule has 0 fully saturated rings. The van der Waals surface area contributed by atoms with Crippen LogP contribution in [0.2, 0.25) is 0 Å². The van der Waals surface area contributed by atoms with Crippen molar-refractivity contribution >= 4 is 47.1 Å². The van der Waals surface area contributed by atoms with E-state index < -0.39 is 69.7 Å². The molecule has 20 heavy (non-hydrogen) atoms. The van der Waals surface area contributed by atoms with E-state index >= 15 is 0 Å². The van der Waals surface area contributed by atoms with E-state index in [0.717, 1.165) is 0 Å². The average molecular weight is 348 g/mol. The van der Waals surface area contributed by atoms with Crippen LogP contribution in [0.15, 0.2) is 0 Å². The summed E-state index contributed by atoms with van der Waals surface area (Å²) in [6, 6.07) is 1.27. The Kier molecular flexibility index (Phi) is 6.17. The molecule has 0 heterocycles. The Labute approximate surface area is 124 Å². The molecule has 0 saturated heterocycles. The van der Waals surface area contributed by atoms with Gasteiger partial charge in [0.2, 0.25) is 0 Å². The highest BCUT2D eigenvalue weighted by Crippen LogP contribution is 2.30. The second-order valence-electron chi connectivity index (χ2n) is 3.17. The van der Waals surface area contributed by atoms with E-state index in [2.05, 4.69) is 0 Å². The Morgan fingerprint density at radius 1 is 0.650 bits per heavy atom. The molecule has 2 aromatic rings. The van der Waals surface area contributed by atoms with E-state index in [1.807, 2.05) is 0 Å². The molecule has 2 rings (SSSR count). The van der Waals surface area contributed by atoms with Crippen LogP contribution < -0.4 is 0 Å². The summed E-state index contributed by atoms with van der Waals surface area (Å²) in [6.07, 6.45) is 0. The lowest BCUT2D eigenvalue weighted by Crippen LogP contribution is -2.03. The van der Waals surface area contributed by atoms with Gasteiger partial charge in [-0.05, 0) is 0 Å². The van der Waals surface area contributed by atoms with Gasteiger partial charge >= 0.3 is 18.2 Å². The third-order valence-corrected chi connectivity index (χ3v) is 2.11. The minimum Gasteiger partial charge on any atom is -0.309 e. The van der Waals surface area contributed by atoms with Crippen LogP contribution in [0.25, 0.3) is 10.8 Å². The molecule has 0 saturated carbocycles. The predicted molar refractivity (Wildman–Crippen MR) is 59.9 cm³/mol. The van der Waals surface area contributed by atoms with Gasteiger partial charge in [0, 0.05) is 11.5 Å². The van der Waals surface area contributed by atoms with Crippen LogP contribution in [0, 0.1) is 46.8 Å². The standard InChI is InChI=1S/C10F7.2ClH.Mg/c11-3-1-2-4(7(14)6(3)13)8(15)10(17)9(16)5(2)12;;;/h;2*1H;/q;;;+2/p-2. The molecule has 2 aromatic carbocycles. The molecule has 0 atom stereocenters.